The highest BCUT2D eigenvalue weighted by atomic mass is 79.9. The van der Waals surface area contributed by atoms with E-state index in [1.807, 2.05) is 0 Å². The van der Waals surface area contributed by atoms with Crippen LogP contribution in [0, 0.1) is 5.82 Å². The van der Waals surface area contributed by atoms with Crippen molar-refractivity contribution in [3.05, 3.63) is 34.1 Å². The van der Waals surface area contributed by atoms with Gasteiger partial charge in [0.25, 0.3) is 0 Å². The summed E-state index contributed by atoms with van der Waals surface area (Å²) >= 11 is 3.16. The summed E-state index contributed by atoms with van der Waals surface area (Å²) in [6.07, 6.45) is -3.95. The minimum Gasteiger partial charge on any atom is -0.370 e. The summed E-state index contributed by atoms with van der Waals surface area (Å²) < 4.78 is 54.2. The molecule has 0 aromatic heterocycles. The molecule has 1 atom stereocenters. The summed E-state index contributed by atoms with van der Waals surface area (Å²) in [5, 5.41) is 2.85. The van der Waals surface area contributed by atoms with Crippen molar-refractivity contribution in [3.8, 4) is 0 Å². The van der Waals surface area contributed by atoms with Crippen LogP contribution in [0.2, 0.25) is 0 Å². The molecule has 0 saturated carbocycles. The van der Waals surface area contributed by atoms with Crippen LogP contribution in [0.4, 0.5) is 17.6 Å². The van der Waals surface area contributed by atoms with Crippen molar-refractivity contribution >= 4 is 15.9 Å². The highest BCUT2D eigenvalue weighted by molar-refractivity contribution is 9.10. The second-order valence-corrected chi connectivity index (χ2v) is 5.01. The maximum Gasteiger partial charge on any atom is 0.411 e. The number of likely N-dealkylation sites (N-methyl/N-ethyl adjacent to an activating group) is 1. The van der Waals surface area contributed by atoms with E-state index >= 15 is 0 Å². The van der Waals surface area contributed by atoms with Crippen molar-refractivity contribution in [1.29, 1.82) is 0 Å². The highest BCUT2D eigenvalue weighted by Crippen LogP contribution is 2.17. The molecule has 0 bridgehead atoms. The molecule has 2 nitrogen and oxygen atoms in total. The Labute approximate surface area is 117 Å². The normalized spacial score (nSPS) is 13.6. The molecular formula is C12H14BrF4NO. The molecule has 7 heteroatoms. The molecule has 0 fully saturated rings. The standard InChI is InChI=1S/C12H14BrF4NO/c1-18-11(6-19-7-12(15,16)17)4-8-2-9(13)5-10(14)3-8/h2-3,5,11,18H,4,6-7H2,1H3. The second kappa shape index (κ2) is 7.21. The van der Waals surface area contributed by atoms with Crippen LogP contribution in [0.5, 0.6) is 0 Å². The smallest absolute Gasteiger partial charge is 0.370 e. The van der Waals surface area contributed by atoms with E-state index in [9.17, 15) is 17.6 Å². The highest BCUT2D eigenvalue weighted by Gasteiger charge is 2.27. The minimum atomic E-state index is -4.33. The lowest BCUT2D eigenvalue weighted by Gasteiger charge is -2.17. The molecule has 0 aliphatic heterocycles. The summed E-state index contributed by atoms with van der Waals surface area (Å²) in [6, 6.07) is 4.07. The van der Waals surface area contributed by atoms with E-state index in [1.54, 1.807) is 13.1 Å². The molecule has 108 valence electrons. The predicted molar refractivity (Wildman–Crippen MR) is 67.5 cm³/mol. The van der Waals surface area contributed by atoms with Crippen LogP contribution in [0.1, 0.15) is 5.56 Å². The quantitative estimate of drug-likeness (QED) is 0.800. The van der Waals surface area contributed by atoms with Gasteiger partial charge >= 0.3 is 6.18 Å². The zero-order valence-electron chi connectivity index (χ0n) is 10.2. The first-order valence-corrected chi connectivity index (χ1v) is 6.36. The van der Waals surface area contributed by atoms with E-state index in [4.69, 9.17) is 0 Å². The molecule has 0 amide bonds. The van der Waals surface area contributed by atoms with E-state index in [2.05, 4.69) is 26.0 Å². The number of benzene rings is 1. The molecule has 1 aromatic carbocycles. The summed E-state index contributed by atoms with van der Waals surface area (Å²) in [5.41, 5.74) is 0.682. The molecule has 0 heterocycles. The third-order valence-corrected chi connectivity index (χ3v) is 2.86. The Bertz CT molecular complexity index is 391. The monoisotopic (exact) mass is 343 g/mol. The van der Waals surface area contributed by atoms with Gasteiger partial charge in [0.1, 0.15) is 12.4 Å². The van der Waals surface area contributed by atoms with Crippen molar-refractivity contribution < 1.29 is 22.3 Å². The molecule has 1 aromatic rings. The first-order chi connectivity index (χ1) is 8.80. The fourth-order valence-electron chi connectivity index (χ4n) is 1.57. The molecule has 19 heavy (non-hydrogen) atoms. The van der Waals surface area contributed by atoms with Gasteiger partial charge in [-0.25, -0.2) is 4.39 Å². The van der Waals surface area contributed by atoms with Crippen LogP contribution in [0.15, 0.2) is 22.7 Å². The number of alkyl halides is 3. The summed E-state index contributed by atoms with van der Waals surface area (Å²) in [6.45, 7) is -1.37. The van der Waals surface area contributed by atoms with Crippen molar-refractivity contribution in [1.82, 2.24) is 5.32 Å². The zero-order valence-corrected chi connectivity index (χ0v) is 11.8. The number of rotatable bonds is 6. The Morgan fingerprint density at radius 3 is 2.53 bits per heavy atom. The van der Waals surface area contributed by atoms with Crippen molar-refractivity contribution in [2.75, 3.05) is 20.3 Å². The number of halogens is 5. The van der Waals surface area contributed by atoms with Gasteiger partial charge in [0.15, 0.2) is 0 Å². The fraction of sp³-hybridized carbons (Fsp3) is 0.500. The Morgan fingerprint density at radius 2 is 2.00 bits per heavy atom. The van der Waals surface area contributed by atoms with Crippen LogP contribution in [-0.2, 0) is 11.2 Å². The van der Waals surface area contributed by atoms with Gasteiger partial charge in [-0.3, -0.25) is 0 Å². The van der Waals surface area contributed by atoms with Gasteiger partial charge in [-0.2, -0.15) is 13.2 Å². The van der Waals surface area contributed by atoms with E-state index in [0.29, 0.717) is 16.5 Å². The molecule has 1 rings (SSSR count). The molecule has 0 spiro atoms. The number of hydrogen-bond donors (Lipinski definition) is 1. The second-order valence-electron chi connectivity index (χ2n) is 4.10. The van der Waals surface area contributed by atoms with E-state index < -0.39 is 18.6 Å². The van der Waals surface area contributed by atoms with Crippen molar-refractivity contribution in [2.45, 2.75) is 18.6 Å². The summed E-state index contributed by atoms with van der Waals surface area (Å²) in [4.78, 5) is 0. The molecule has 0 saturated heterocycles. The van der Waals surface area contributed by atoms with Gasteiger partial charge in [-0.05, 0) is 37.2 Å². The first kappa shape index (κ1) is 16.4. The Balaban J connectivity index is 2.52. The topological polar surface area (TPSA) is 21.3 Å². The minimum absolute atomic E-state index is 0.0931. The van der Waals surface area contributed by atoms with E-state index in [-0.39, 0.29) is 12.6 Å². The number of hydrogen-bond acceptors (Lipinski definition) is 2. The lowest BCUT2D eigenvalue weighted by Crippen LogP contribution is -2.34. The third-order valence-electron chi connectivity index (χ3n) is 2.40. The van der Waals surface area contributed by atoms with Gasteiger partial charge in [-0.15, -0.1) is 0 Å². The lowest BCUT2D eigenvalue weighted by molar-refractivity contribution is -0.175. The van der Waals surface area contributed by atoms with Gasteiger partial charge < -0.3 is 10.1 Å². The zero-order chi connectivity index (χ0) is 14.5. The van der Waals surface area contributed by atoms with Gasteiger partial charge in [-0.1, -0.05) is 15.9 Å². The maximum absolute atomic E-state index is 13.2. The van der Waals surface area contributed by atoms with Gasteiger partial charge in [0, 0.05) is 10.5 Å². The third kappa shape index (κ3) is 6.89. The van der Waals surface area contributed by atoms with E-state index in [1.165, 1.54) is 12.1 Å². The molecule has 0 aliphatic rings. The van der Waals surface area contributed by atoms with Crippen LogP contribution < -0.4 is 5.32 Å². The first-order valence-electron chi connectivity index (χ1n) is 5.57. The predicted octanol–water partition coefficient (Wildman–Crippen LogP) is 3.30. The van der Waals surface area contributed by atoms with E-state index in [0.717, 1.165) is 0 Å². The number of ether oxygens (including phenoxy) is 1. The fourth-order valence-corrected chi connectivity index (χ4v) is 2.09. The molecule has 1 unspecified atom stereocenters. The van der Waals surface area contributed by atoms with Gasteiger partial charge in [0.2, 0.25) is 0 Å². The Kier molecular flexibility index (Phi) is 6.22. The summed E-state index contributed by atoms with van der Waals surface area (Å²) in [7, 11) is 1.62. The molecule has 0 aliphatic carbocycles. The van der Waals surface area contributed by atoms with Gasteiger partial charge in [0.05, 0.1) is 6.61 Å². The SMILES string of the molecule is CNC(COCC(F)(F)F)Cc1cc(F)cc(Br)c1. The average molecular weight is 344 g/mol. The van der Waals surface area contributed by atoms with Crippen LogP contribution in [0.3, 0.4) is 0 Å². The summed E-state index contributed by atoms with van der Waals surface area (Å²) in [5.74, 6) is -0.393. The number of nitrogens with one attached hydrogen (secondary N) is 1. The van der Waals surface area contributed by atoms with Crippen molar-refractivity contribution in [3.63, 3.8) is 0 Å². The maximum atomic E-state index is 13.2. The molecular weight excluding hydrogens is 330 g/mol. The van der Waals surface area contributed by atoms with Crippen LogP contribution in [0.25, 0.3) is 0 Å². The van der Waals surface area contributed by atoms with Crippen LogP contribution in [-0.4, -0.2) is 32.5 Å². The molecule has 0 radical (unpaired) electrons. The lowest BCUT2D eigenvalue weighted by atomic mass is 10.1. The molecule has 1 N–H and O–H groups in total. The van der Waals surface area contributed by atoms with Crippen LogP contribution >= 0.6 is 15.9 Å². The largest absolute Gasteiger partial charge is 0.411 e. The Hall–Kier alpha value is -0.660. The Morgan fingerprint density at radius 1 is 1.32 bits per heavy atom. The van der Waals surface area contributed by atoms with Crippen molar-refractivity contribution in [2.24, 2.45) is 0 Å². The average Bonchev–Trinajstić information content (AvgIpc) is 2.24.